The van der Waals surface area contributed by atoms with Gasteiger partial charge in [0, 0.05) is 5.33 Å². The summed E-state index contributed by atoms with van der Waals surface area (Å²) in [5.41, 5.74) is 1.85. The minimum Gasteiger partial charge on any atom is -0.458 e. The molecule has 0 N–H and O–H groups in total. The zero-order valence-electron chi connectivity index (χ0n) is 9.12. The van der Waals surface area contributed by atoms with Crippen molar-refractivity contribution in [2.75, 3.05) is 5.33 Å². The van der Waals surface area contributed by atoms with Gasteiger partial charge in [0.1, 0.15) is 6.10 Å². The van der Waals surface area contributed by atoms with Crippen molar-refractivity contribution in [3.05, 3.63) is 35.4 Å². The normalized spacial score (nSPS) is 21.3. The quantitative estimate of drug-likeness (QED) is 0.583. The van der Waals surface area contributed by atoms with Crippen molar-refractivity contribution >= 4 is 21.9 Å². The van der Waals surface area contributed by atoms with Crippen LogP contribution in [0, 0.1) is 0 Å². The van der Waals surface area contributed by atoms with E-state index in [0.29, 0.717) is 0 Å². The number of carbonyl (C=O) groups excluding carboxylic acids is 1. The molecule has 2 rings (SSSR count). The summed E-state index contributed by atoms with van der Waals surface area (Å²) < 4.78 is 5.46. The number of ether oxygens (including phenoxy) is 1. The fourth-order valence-corrected chi connectivity index (χ4v) is 2.46. The summed E-state index contributed by atoms with van der Waals surface area (Å²) in [6.45, 7) is 0. The average molecular weight is 283 g/mol. The summed E-state index contributed by atoms with van der Waals surface area (Å²) in [5, 5.41) is 0.723. The van der Waals surface area contributed by atoms with Crippen molar-refractivity contribution < 1.29 is 9.53 Å². The van der Waals surface area contributed by atoms with Crippen LogP contribution >= 0.6 is 15.9 Å². The number of esters is 1. The minimum atomic E-state index is -0.179. The van der Waals surface area contributed by atoms with Crippen molar-refractivity contribution in [3.63, 3.8) is 0 Å². The highest BCUT2D eigenvalue weighted by atomic mass is 79.9. The number of rotatable bonds is 1. The lowest BCUT2D eigenvalue weighted by Crippen LogP contribution is -2.19. The molecule has 0 saturated heterocycles. The molecule has 0 bridgehead atoms. The Labute approximate surface area is 104 Å². The predicted molar refractivity (Wildman–Crippen MR) is 67.0 cm³/mol. The van der Waals surface area contributed by atoms with Crippen molar-refractivity contribution in [1.29, 1.82) is 0 Å². The van der Waals surface area contributed by atoms with Gasteiger partial charge >= 0.3 is 5.97 Å². The fraction of sp³-hybridized carbons (Fsp3) is 0.462. The number of cyclic esters (lactones) is 1. The molecule has 1 aliphatic heterocycles. The number of hydrogen-bond donors (Lipinski definition) is 0. The van der Waals surface area contributed by atoms with E-state index in [-0.39, 0.29) is 12.1 Å². The zero-order chi connectivity index (χ0) is 11.4. The molecule has 0 aliphatic carbocycles. The van der Waals surface area contributed by atoms with Gasteiger partial charge in [-0.1, -0.05) is 34.1 Å². The highest BCUT2D eigenvalue weighted by Gasteiger charge is 2.19. The van der Waals surface area contributed by atoms with E-state index in [2.05, 4.69) is 15.9 Å². The average Bonchev–Trinajstić information content (AvgIpc) is 2.39. The lowest BCUT2D eigenvalue weighted by molar-refractivity contribution is 0.0336. The van der Waals surface area contributed by atoms with Crippen LogP contribution in [-0.2, 0) is 11.2 Å². The number of alkyl halides is 1. The van der Waals surface area contributed by atoms with Crippen LogP contribution in [0.3, 0.4) is 0 Å². The zero-order valence-corrected chi connectivity index (χ0v) is 10.7. The maximum Gasteiger partial charge on any atom is 0.338 e. The van der Waals surface area contributed by atoms with Crippen LogP contribution in [0.15, 0.2) is 24.3 Å². The Hall–Kier alpha value is -0.830. The summed E-state index contributed by atoms with van der Waals surface area (Å²) in [5.74, 6) is -0.179. The monoisotopic (exact) mass is 282 g/mol. The Morgan fingerprint density at radius 2 is 2.12 bits per heavy atom. The van der Waals surface area contributed by atoms with Gasteiger partial charge in [-0.15, -0.1) is 0 Å². The third-order valence-corrected chi connectivity index (χ3v) is 3.63. The molecule has 1 heterocycles. The summed E-state index contributed by atoms with van der Waals surface area (Å²) in [4.78, 5) is 11.9. The van der Waals surface area contributed by atoms with E-state index in [1.165, 1.54) is 0 Å². The molecule has 1 aliphatic rings. The van der Waals surface area contributed by atoms with Gasteiger partial charge in [-0.2, -0.15) is 0 Å². The highest BCUT2D eigenvalue weighted by Crippen LogP contribution is 2.19. The van der Waals surface area contributed by atoms with Gasteiger partial charge in [0.25, 0.3) is 0 Å². The fourth-order valence-electron chi connectivity index (χ4n) is 2.01. The number of carbonyl (C=O) groups is 1. The molecule has 2 nitrogen and oxygen atoms in total. The largest absolute Gasteiger partial charge is 0.458 e. The molecule has 0 spiro atoms. The SMILES string of the molecule is O=C1OC(CBr)CCCCc2ccccc21. The molecule has 0 saturated carbocycles. The molecular formula is C13H15BrO2. The second-order valence-electron chi connectivity index (χ2n) is 4.08. The van der Waals surface area contributed by atoms with Crippen LogP contribution in [0.4, 0.5) is 0 Å². The van der Waals surface area contributed by atoms with Crippen molar-refractivity contribution in [2.24, 2.45) is 0 Å². The number of hydrogen-bond acceptors (Lipinski definition) is 2. The Morgan fingerprint density at radius 3 is 2.94 bits per heavy atom. The number of aryl methyl sites for hydroxylation is 1. The Morgan fingerprint density at radius 1 is 1.31 bits per heavy atom. The summed E-state index contributed by atoms with van der Waals surface area (Å²) in [7, 11) is 0. The number of halogens is 1. The predicted octanol–water partition coefficient (Wildman–Crippen LogP) is 3.33. The van der Waals surface area contributed by atoms with Gasteiger partial charge in [0.15, 0.2) is 0 Å². The smallest absolute Gasteiger partial charge is 0.338 e. The lowest BCUT2D eigenvalue weighted by Gasteiger charge is -2.14. The number of benzene rings is 1. The van der Waals surface area contributed by atoms with E-state index in [1.54, 1.807) is 0 Å². The molecule has 1 atom stereocenters. The van der Waals surface area contributed by atoms with Crippen LogP contribution in [0.1, 0.15) is 35.2 Å². The molecule has 0 amide bonds. The van der Waals surface area contributed by atoms with Gasteiger partial charge in [-0.05, 0) is 37.3 Å². The summed E-state index contributed by atoms with van der Waals surface area (Å²) in [6, 6.07) is 7.74. The lowest BCUT2D eigenvalue weighted by atomic mass is 10.0. The molecule has 1 aromatic carbocycles. The van der Waals surface area contributed by atoms with Crippen LogP contribution in [-0.4, -0.2) is 17.4 Å². The van der Waals surface area contributed by atoms with Crippen LogP contribution in [0.5, 0.6) is 0 Å². The molecule has 1 aromatic rings. The van der Waals surface area contributed by atoms with Crippen LogP contribution < -0.4 is 0 Å². The van der Waals surface area contributed by atoms with Gasteiger partial charge in [-0.3, -0.25) is 0 Å². The molecule has 0 fully saturated rings. The second-order valence-corrected chi connectivity index (χ2v) is 4.73. The number of fused-ring (bicyclic) bond motifs is 1. The first-order valence-electron chi connectivity index (χ1n) is 5.66. The van der Waals surface area contributed by atoms with Gasteiger partial charge in [0.05, 0.1) is 5.56 Å². The standard InChI is InChI=1S/C13H15BrO2/c14-9-11-7-3-1-5-10-6-2-4-8-12(10)13(15)16-11/h2,4,6,8,11H,1,3,5,7,9H2. The maximum absolute atomic E-state index is 11.9. The Balaban J connectivity index is 2.26. The molecule has 0 radical (unpaired) electrons. The molecule has 0 aromatic heterocycles. The topological polar surface area (TPSA) is 26.3 Å². The van der Waals surface area contributed by atoms with E-state index in [4.69, 9.17) is 4.74 Å². The first-order chi connectivity index (χ1) is 7.81. The highest BCUT2D eigenvalue weighted by molar-refractivity contribution is 9.09. The molecule has 1 unspecified atom stereocenters. The van der Waals surface area contributed by atoms with E-state index in [1.807, 2.05) is 24.3 Å². The summed E-state index contributed by atoms with van der Waals surface area (Å²) in [6.07, 6.45) is 4.17. The maximum atomic E-state index is 11.9. The van der Waals surface area contributed by atoms with Crippen LogP contribution in [0.25, 0.3) is 0 Å². The first kappa shape index (κ1) is 11.6. The minimum absolute atomic E-state index is 0.0126. The second kappa shape index (κ2) is 5.48. The van der Waals surface area contributed by atoms with E-state index in [0.717, 1.165) is 42.1 Å². The molecule has 16 heavy (non-hydrogen) atoms. The third-order valence-electron chi connectivity index (χ3n) is 2.91. The van der Waals surface area contributed by atoms with E-state index < -0.39 is 0 Å². The summed E-state index contributed by atoms with van der Waals surface area (Å²) >= 11 is 3.39. The first-order valence-corrected chi connectivity index (χ1v) is 6.78. The van der Waals surface area contributed by atoms with Crippen molar-refractivity contribution in [1.82, 2.24) is 0 Å². The van der Waals surface area contributed by atoms with Gasteiger partial charge < -0.3 is 4.74 Å². The molecule has 86 valence electrons. The van der Waals surface area contributed by atoms with Crippen LogP contribution in [0.2, 0.25) is 0 Å². The van der Waals surface area contributed by atoms with E-state index >= 15 is 0 Å². The Kier molecular flexibility index (Phi) is 3.99. The molecule has 3 heteroatoms. The van der Waals surface area contributed by atoms with E-state index in [9.17, 15) is 4.79 Å². The van der Waals surface area contributed by atoms with Crippen molar-refractivity contribution in [2.45, 2.75) is 31.8 Å². The van der Waals surface area contributed by atoms with Gasteiger partial charge in [-0.25, -0.2) is 4.79 Å². The third kappa shape index (κ3) is 2.64. The Bertz CT molecular complexity index is 376. The molecular weight excluding hydrogens is 268 g/mol. The van der Waals surface area contributed by atoms with Crippen molar-refractivity contribution in [3.8, 4) is 0 Å². The van der Waals surface area contributed by atoms with Gasteiger partial charge in [0.2, 0.25) is 0 Å².